The van der Waals surface area contributed by atoms with Crippen LogP contribution in [0.1, 0.15) is 11.4 Å². The van der Waals surface area contributed by atoms with Gasteiger partial charge in [0.05, 0.1) is 21.2 Å². The fourth-order valence-electron chi connectivity index (χ4n) is 10.4. The van der Waals surface area contributed by atoms with Crippen LogP contribution >= 0.6 is 23.2 Å². The molecule has 0 aliphatic heterocycles. The number of nitrogens with zero attached hydrogens (tertiary/aromatic N) is 10. The number of benzene rings is 9. The minimum atomic E-state index is -5.54. The number of aromatic hydroxyl groups is 2. The number of fused-ring (bicyclic) bond motifs is 4. The van der Waals surface area contributed by atoms with E-state index in [0.29, 0.717) is 42.0 Å². The molecule has 11 aromatic rings. The van der Waals surface area contributed by atoms with Gasteiger partial charge in [-0.25, -0.2) is 4.98 Å². The smallest absolute Gasteiger partial charge is 0.297 e. The van der Waals surface area contributed by atoms with Gasteiger partial charge < -0.3 is 26.2 Å². The highest BCUT2D eigenvalue weighted by Gasteiger charge is 2.31. The van der Waals surface area contributed by atoms with Gasteiger partial charge >= 0.3 is 0 Å². The van der Waals surface area contributed by atoms with Crippen LogP contribution in [0, 0.1) is 0 Å². The number of phenolic OH excluding ortho intramolecular Hbond substituents is 2. The zero-order valence-electron chi connectivity index (χ0n) is 50.0. The molecule has 0 aliphatic rings. The fraction of sp³-hybridized carbons (Fsp3) is 0.0370. The maximum Gasteiger partial charge on any atom is 0.297 e. The summed E-state index contributed by atoms with van der Waals surface area (Å²) in [4.78, 5) is 16.2. The van der Waals surface area contributed by atoms with Crippen molar-refractivity contribution in [1.82, 2.24) is 29.9 Å². The van der Waals surface area contributed by atoms with E-state index in [9.17, 15) is 114 Å². The summed E-state index contributed by atoms with van der Waals surface area (Å²) in [6.07, 6.45) is -0.0487. The molecule has 11 rings (SSSR count). The quantitative estimate of drug-likeness (QED) is 0.0235. The van der Waals surface area contributed by atoms with Gasteiger partial charge in [-0.2, -0.15) is 92.3 Å². The number of azo groups is 2. The van der Waals surface area contributed by atoms with Crippen LogP contribution in [0.25, 0.3) is 43.1 Å². The second-order valence-corrected chi connectivity index (χ2v) is 33.0. The van der Waals surface area contributed by atoms with Crippen LogP contribution < -0.4 is 16.0 Å². The molecule has 536 valence electrons. The Balaban J connectivity index is 0.894. The number of nitrogens with one attached hydrogen (secondary N) is 3. The van der Waals surface area contributed by atoms with Gasteiger partial charge in [-0.1, -0.05) is 48.5 Å². The highest BCUT2D eigenvalue weighted by Crippen LogP contribution is 2.49. The lowest BCUT2D eigenvalue weighted by atomic mass is 10.1. The van der Waals surface area contributed by atoms with E-state index in [2.05, 4.69) is 66.3 Å². The molecule has 0 amide bonds. The summed E-state index contributed by atoms with van der Waals surface area (Å²) in [7, 11) is -42.4. The van der Waals surface area contributed by atoms with E-state index in [1.807, 2.05) is 0 Å². The molecule has 0 saturated carbocycles. The third-order valence-corrected chi connectivity index (χ3v) is 21.9. The van der Waals surface area contributed by atoms with Crippen LogP contribution in [0.3, 0.4) is 0 Å². The van der Waals surface area contributed by atoms with Crippen molar-refractivity contribution in [3.63, 3.8) is 0 Å². The van der Waals surface area contributed by atoms with Crippen LogP contribution in [0.4, 0.5) is 57.7 Å². The molecule has 9 aromatic carbocycles. The fourth-order valence-corrected chi connectivity index (χ4v) is 16.2. The summed E-state index contributed by atoms with van der Waals surface area (Å²) in [5.74, 6) is -4.02. The summed E-state index contributed by atoms with van der Waals surface area (Å²) in [6, 6.07) is 19.2. The first-order valence-electron chi connectivity index (χ1n) is 27.4. The molecule has 0 radical (unpaired) electrons. The highest BCUT2D eigenvalue weighted by molar-refractivity contribution is 7.88. The first-order chi connectivity index (χ1) is 47.7. The second kappa shape index (κ2) is 26.7. The van der Waals surface area contributed by atoms with Crippen molar-refractivity contribution in [3.8, 4) is 11.5 Å². The number of aryl methyl sites for hydroxylation is 2. The molecule has 0 atom stereocenters. The molecule has 13 N–H and O–H groups in total. The van der Waals surface area contributed by atoms with E-state index in [0.717, 1.165) is 60.7 Å². The van der Waals surface area contributed by atoms with Gasteiger partial charge in [-0.3, -0.25) is 36.4 Å². The molecule has 49 heteroatoms. The zero-order chi connectivity index (χ0) is 75.2. The van der Waals surface area contributed by atoms with Gasteiger partial charge in [0, 0.05) is 44.4 Å². The maximum atomic E-state index is 12.9. The summed E-state index contributed by atoms with van der Waals surface area (Å²) in [5.41, 5.74) is -4.43. The lowest BCUT2D eigenvalue weighted by molar-refractivity contribution is 0.471. The van der Waals surface area contributed by atoms with Crippen LogP contribution in [0.5, 0.6) is 11.5 Å². The minimum absolute atomic E-state index is 0.0520. The maximum absolute atomic E-state index is 12.9. The predicted molar refractivity (Wildman–Crippen MR) is 359 cm³/mol. The Labute approximate surface area is 587 Å². The van der Waals surface area contributed by atoms with Crippen LogP contribution in [0.2, 0.25) is 10.6 Å². The highest BCUT2D eigenvalue weighted by atomic mass is 35.5. The number of anilines is 6. The summed E-state index contributed by atoms with van der Waals surface area (Å²) in [5, 5.41) is 41.1. The summed E-state index contributed by atoms with van der Waals surface area (Å²) < 4.78 is 283. The van der Waals surface area contributed by atoms with Crippen molar-refractivity contribution in [2.24, 2.45) is 20.5 Å². The van der Waals surface area contributed by atoms with Gasteiger partial charge in [0.25, 0.3) is 80.9 Å². The van der Waals surface area contributed by atoms with E-state index in [1.54, 1.807) is 18.2 Å². The van der Waals surface area contributed by atoms with Crippen molar-refractivity contribution in [3.05, 3.63) is 143 Å². The van der Waals surface area contributed by atoms with E-state index in [-0.39, 0.29) is 30.3 Å². The Kier molecular flexibility index (Phi) is 19.3. The molecular weight excluding hydrogens is 1570 g/mol. The number of halogens is 2. The van der Waals surface area contributed by atoms with E-state index >= 15 is 0 Å². The summed E-state index contributed by atoms with van der Waals surface area (Å²) >= 11 is 12.7. The van der Waals surface area contributed by atoms with Crippen LogP contribution in [-0.2, 0) is 93.8 Å². The van der Waals surface area contributed by atoms with Crippen molar-refractivity contribution >= 4 is 205 Å². The first kappa shape index (κ1) is 74.3. The van der Waals surface area contributed by atoms with Crippen molar-refractivity contribution in [1.29, 1.82) is 0 Å². The van der Waals surface area contributed by atoms with E-state index in [1.165, 1.54) is 6.07 Å². The Hall–Kier alpha value is -9.90. The SMILES string of the molecule is O=S(=O)(O)c1cc(Nc2nc(Cl)nc(CCc3cccc(Nc4nc(Cl)nc(Nc5cc(S(=O)(=O)O)cc6cc(S(=O)(=O)O)c(N=Nc7ccc8c(S(=O)(=O)O)cccc8c7S(=O)(=O)O)c(O)c56)n4)c3)n2)c2c(O)c(N=Nc3ccc4c(S(=O)(=O)O)cccc4c3S(=O)(=O)O)c(S(=O)(=O)O)cc2c1. The van der Waals surface area contributed by atoms with Crippen LogP contribution in [0.15, 0.2) is 181 Å². The standard InChI is InChI=1S/C54H37Cl2N13O26S8/c55-50-60-41(61-53(62-50)58-35-21-27(96(72,73)74)17-24-19-39(100(84,85)86)44(46(70)42(24)35)68-66-33-13-11-29-31(48(33)102(90,91)92)6-2-8-37(29)98(78,79)80)15-10-23-4-1-5-26(16-23)57-52-63-51(56)64-54(65-52)59-36-22-28(97(75,76)77)18-25-20-40(101(87,88)89)45(47(71)43(25)36)69-67-34-14-12-30-32(49(34)103(93,94)95)7-3-9-38(30)99(81,82)83/h1-9,11-14,16-22,70-71H,10,15H2,(H,72,73,74)(H,75,76,77)(H,78,79,80)(H,81,82,83)(H,84,85,86)(H,87,88,89)(H,90,91,92)(H,93,94,95)(H,58,60,61,62)(H2,57,59,63,64,65). The predicted octanol–water partition coefficient (Wildman–Crippen LogP) is 9.21. The van der Waals surface area contributed by atoms with Crippen LogP contribution in [-0.4, -0.2) is 144 Å². The van der Waals surface area contributed by atoms with Gasteiger partial charge in [0.15, 0.2) is 11.5 Å². The number of rotatable bonds is 21. The normalized spacial score (nSPS) is 13.1. The van der Waals surface area contributed by atoms with Crippen molar-refractivity contribution in [2.45, 2.75) is 52.0 Å². The topological polar surface area (TPSA) is 638 Å². The largest absolute Gasteiger partial charge is 0.505 e. The van der Waals surface area contributed by atoms with Gasteiger partial charge in [-0.05, 0) is 119 Å². The number of hydrogen-bond donors (Lipinski definition) is 13. The Morgan fingerprint density at radius 1 is 0.359 bits per heavy atom. The van der Waals surface area contributed by atoms with Gasteiger partial charge in [0.1, 0.15) is 57.9 Å². The second-order valence-electron chi connectivity index (χ2n) is 21.2. The minimum Gasteiger partial charge on any atom is -0.505 e. The van der Waals surface area contributed by atoms with E-state index in [4.69, 9.17) is 23.2 Å². The average molecular weight is 1610 g/mol. The third kappa shape index (κ3) is 15.9. The number of hydrogen-bond acceptors (Lipinski definition) is 31. The van der Waals surface area contributed by atoms with Gasteiger partial charge in [-0.15, -0.1) is 20.5 Å². The molecule has 0 fully saturated rings. The Bertz CT molecular complexity index is 6610. The lowest BCUT2D eigenvalue weighted by Gasteiger charge is -2.15. The third-order valence-electron chi connectivity index (χ3n) is 14.5. The number of phenols is 2. The molecule has 0 spiro atoms. The van der Waals surface area contributed by atoms with Crippen molar-refractivity contribution < 1.29 is 114 Å². The van der Waals surface area contributed by atoms with E-state index < -0.39 is 231 Å². The molecule has 0 aliphatic carbocycles. The zero-order valence-corrected chi connectivity index (χ0v) is 58.0. The molecule has 2 aromatic heterocycles. The van der Waals surface area contributed by atoms with Crippen molar-refractivity contribution in [2.75, 3.05) is 16.0 Å². The molecule has 0 saturated heterocycles. The number of aromatic nitrogens is 6. The monoisotopic (exact) mass is 1610 g/mol. The molecule has 0 bridgehead atoms. The molecular formula is C54H37Cl2N13O26S8. The average Bonchev–Trinajstić information content (AvgIpc) is 0.760. The lowest BCUT2D eigenvalue weighted by Crippen LogP contribution is -2.07. The molecule has 103 heavy (non-hydrogen) atoms. The Morgan fingerprint density at radius 3 is 1.17 bits per heavy atom. The van der Waals surface area contributed by atoms with Gasteiger partial charge in [0.2, 0.25) is 28.4 Å². The molecule has 39 nitrogen and oxygen atoms in total. The molecule has 2 heterocycles. The Morgan fingerprint density at radius 2 is 0.757 bits per heavy atom. The summed E-state index contributed by atoms with van der Waals surface area (Å²) in [6.45, 7) is 0. The molecule has 0 unspecified atom stereocenters. The first-order valence-corrected chi connectivity index (χ1v) is 39.6.